The highest BCUT2D eigenvalue weighted by molar-refractivity contribution is 7.47. The van der Waals surface area contributed by atoms with Crippen LogP contribution in [0.15, 0.2) is 33.0 Å². The van der Waals surface area contributed by atoms with Crippen molar-refractivity contribution in [1.82, 2.24) is 19.1 Å². The number of aliphatic hydroxyl groups is 2. The minimum atomic E-state index is -4.74. The fourth-order valence-electron chi connectivity index (χ4n) is 4.09. The Morgan fingerprint density at radius 2 is 1.83 bits per heavy atom. The number of aromatic nitrogens is 4. The average Bonchev–Trinajstić information content (AvgIpc) is 3.38. The molecule has 15 nitrogen and oxygen atoms in total. The van der Waals surface area contributed by atoms with Crippen molar-refractivity contribution in [3.05, 3.63) is 61.0 Å². The van der Waals surface area contributed by atoms with Crippen molar-refractivity contribution in [2.24, 2.45) is 0 Å². The van der Waals surface area contributed by atoms with Crippen LogP contribution in [-0.2, 0) is 23.1 Å². The Labute approximate surface area is 203 Å². The number of aliphatic hydroxyl groups excluding tert-OH is 2. The summed E-state index contributed by atoms with van der Waals surface area (Å²) in [5, 5.41) is 19.9. The Balaban J connectivity index is 1.38. The van der Waals surface area contributed by atoms with Gasteiger partial charge in [0.25, 0.3) is 5.56 Å². The van der Waals surface area contributed by atoms with Crippen LogP contribution >= 0.6 is 7.82 Å². The molecule has 2 aromatic rings. The largest absolute Gasteiger partial charge is 0.472 e. The number of phosphoric acid groups is 1. The summed E-state index contributed by atoms with van der Waals surface area (Å²) in [6.07, 6.45) is -1.99. The summed E-state index contributed by atoms with van der Waals surface area (Å²) in [5.41, 5.74) is -0.928. The molecule has 4 heterocycles. The van der Waals surface area contributed by atoms with Crippen molar-refractivity contribution in [2.45, 2.75) is 63.6 Å². The molecule has 0 spiro atoms. The van der Waals surface area contributed by atoms with Gasteiger partial charge in [-0.05, 0) is 19.4 Å². The lowest BCUT2D eigenvalue weighted by Crippen LogP contribution is -2.33. The zero-order valence-electron chi connectivity index (χ0n) is 19.4. The van der Waals surface area contributed by atoms with Crippen molar-refractivity contribution in [2.75, 3.05) is 13.2 Å². The first kappa shape index (κ1) is 26.6. The molecule has 4 rings (SSSR count). The highest BCUT2D eigenvalue weighted by Crippen LogP contribution is 2.48. The number of ether oxygens (including phenoxy) is 2. The van der Waals surface area contributed by atoms with Gasteiger partial charge in [-0.3, -0.25) is 28.0 Å². The fraction of sp³-hybridized carbons (Fsp3) is 0.600. The van der Waals surface area contributed by atoms with E-state index in [0.29, 0.717) is 5.56 Å². The van der Waals surface area contributed by atoms with E-state index >= 15 is 0 Å². The summed E-state index contributed by atoms with van der Waals surface area (Å²) < 4.78 is 36.4. The van der Waals surface area contributed by atoms with E-state index in [1.807, 2.05) is 0 Å². The molecular formula is C20H27N4O11P. The normalized spacial score (nSPS) is 29.9. The lowest BCUT2D eigenvalue weighted by molar-refractivity contribution is -0.0575. The van der Waals surface area contributed by atoms with Gasteiger partial charge in [-0.25, -0.2) is 19.1 Å². The Kier molecular flexibility index (Phi) is 7.73. The van der Waals surface area contributed by atoms with E-state index in [1.54, 1.807) is 6.92 Å². The van der Waals surface area contributed by atoms with E-state index in [2.05, 4.69) is 9.97 Å². The third kappa shape index (κ3) is 5.74. The number of rotatable bonds is 8. The molecule has 198 valence electrons. The summed E-state index contributed by atoms with van der Waals surface area (Å²) >= 11 is 0. The second-order valence-corrected chi connectivity index (χ2v) is 10.1. The first-order valence-corrected chi connectivity index (χ1v) is 12.6. The standard InChI is InChI=1S/C20H27N4O11P/c1-10-5-21-19(28)23(6-10)16-3-12(26)15(34-16)9-32-36(30,31)35-13-4-17(33-14(13)8-25)24-7-11(2)18(27)22-20(24)29/h5-7,12-17,25-26H,3-4,8-9H2,1-2H3,(H,30,31)(H,22,27,29)/t12-,13-,14+,15+,16+,17+/m0/s1. The quantitative estimate of drug-likeness (QED) is 0.298. The highest BCUT2D eigenvalue weighted by atomic mass is 31.2. The van der Waals surface area contributed by atoms with Gasteiger partial charge in [-0.2, -0.15) is 0 Å². The van der Waals surface area contributed by atoms with E-state index in [9.17, 15) is 34.1 Å². The fourth-order valence-corrected chi connectivity index (χ4v) is 5.05. The molecule has 16 heteroatoms. The molecule has 7 atom stereocenters. The molecule has 36 heavy (non-hydrogen) atoms. The zero-order valence-corrected chi connectivity index (χ0v) is 20.3. The molecular weight excluding hydrogens is 503 g/mol. The first-order chi connectivity index (χ1) is 17.0. The van der Waals surface area contributed by atoms with Crippen LogP contribution in [0.1, 0.15) is 36.4 Å². The predicted molar refractivity (Wildman–Crippen MR) is 120 cm³/mol. The van der Waals surface area contributed by atoms with Crippen LogP contribution < -0.4 is 16.9 Å². The highest BCUT2D eigenvalue weighted by Gasteiger charge is 2.43. The van der Waals surface area contributed by atoms with E-state index in [0.717, 1.165) is 4.57 Å². The SMILES string of the molecule is Cc1cnc(=O)n([C@H]2C[C@H](O)[C@@H](COP(=O)(O)O[C@H]3C[C@H](n4cc(C)c(=O)[nH]c4=O)O[C@@H]3CO)O2)c1. The molecule has 0 radical (unpaired) electrons. The third-order valence-electron chi connectivity index (χ3n) is 5.94. The zero-order chi connectivity index (χ0) is 26.2. The van der Waals surface area contributed by atoms with Crippen molar-refractivity contribution in [3.8, 4) is 0 Å². The Morgan fingerprint density at radius 1 is 1.14 bits per heavy atom. The first-order valence-electron chi connectivity index (χ1n) is 11.1. The Bertz CT molecular complexity index is 1320. The second kappa shape index (κ2) is 10.5. The van der Waals surface area contributed by atoms with Crippen molar-refractivity contribution in [3.63, 3.8) is 0 Å². The van der Waals surface area contributed by atoms with Gasteiger partial charge in [-0.1, -0.05) is 0 Å². The van der Waals surface area contributed by atoms with Crippen molar-refractivity contribution < 1.29 is 38.2 Å². The summed E-state index contributed by atoms with van der Waals surface area (Å²) in [5.74, 6) is 0. The molecule has 0 bridgehead atoms. The van der Waals surface area contributed by atoms with Crippen LogP contribution in [0.5, 0.6) is 0 Å². The lowest BCUT2D eigenvalue weighted by Gasteiger charge is -2.21. The molecule has 0 saturated carbocycles. The molecule has 2 aromatic heterocycles. The topological polar surface area (TPSA) is 204 Å². The summed E-state index contributed by atoms with van der Waals surface area (Å²) in [4.78, 5) is 51.9. The van der Waals surface area contributed by atoms with Gasteiger partial charge in [0, 0.05) is 37.0 Å². The monoisotopic (exact) mass is 530 g/mol. The van der Waals surface area contributed by atoms with Gasteiger partial charge < -0.3 is 24.6 Å². The minimum absolute atomic E-state index is 0.0354. The predicted octanol–water partition coefficient (Wildman–Crippen LogP) is -1.16. The van der Waals surface area contributed by atoms with Crippen LogP contribution in [0.3, 0.4) is 0 Å². The van der Waals surface area contributed by atoms with E-state index in [1.165, 1.54) is 30.1 Å². The van der Waals surface area contributed by atoms with E-state index < -0.39 is 74.8 Å². The van der Waals surface area contributed by atoms with Gasteiger partial charge in [-0.15, -0.1) is 0 Å². The Hall–Kier alpha value is -2.49. The minimum Gasteiger partial charge on any atom is -0.394 e. The summed E-state index contributed by atoms with van der Waals surface area (Å²) in [6.45, 7) is 2.12. The molecule has 2 aliphatic rings. The number of hydrogen-bond acceptors (Lipinski definition) is 11. The smallest absolute Gasteiger partial charge is 0.394 e. The molecule has 4 N–H and O–H groups in total. The van der Waals surface area contributed by atoms with E-state index in [-0.39, 0.29) is 18.4 Å². The molecule has 1 unspecified atom stereocenters. The molecule has 0 amide bonds. The van der Waals surface area contributed by atoms with Crippen molar-refractivity contribution >= 4 is 7.82 Å². The maximum Gasteiger partial charge on any atom is 0.472 e. The number of hydrogen-bond donors (Lipinski definition) is 4. The maximum absolute atomic E-state index is 12.6. The van der Waals surface area contributed by atoms with Gasteiger partial charge >= 0.3 is 19.2 Å². The van der Waals surface area contributed by atoms with Crippen LogP contribution in [-0.4, -0.2) is 71.8 Å². The lowest BCUT2D eigenvalue weighted by atomic mass is 10.2. The third-order valence-corrected chi connectivity index (χ3v) is 6.96. The second-order valence-electron chi connectivity index (χ2n) is 8.69. The van der Waals surface area contributed by atoms with Gasteiger partial charge in [0.15, 0.2) is 0 Å². The number of phosphoric ester groups is 1. The molecule has 2 fully saturated rings. The van der Waals surface area contributed by atoms with Gasteiger partial charge in [0.05, 0.1) is 19.3 Å². The van der Waals surface area contributed by atoms with Crippen LogP contribution in [0.2, 0.25) is 0 Å². The number of nitrogens with zero attached hydrogens (tertiary/aromatic N) is 3. The number of aromatic amines is 1. The number of aryl methyl sites for hydroxylation is 2. The maximum atomic E-state index is 12.6. The summed E-state index contributed by atoms with van der Waals surface area (Å²) in [7, 11) is -4.74. The number of nitrogens with one attached hydrogen (secondary N) is 1. The number of H-pyrrole nitrogens is 1. The molecule has 0 aliphatic carbocycles. The molecule has 2 aliphatic heterocycles. The molecule has 2 saturated heterocycles. The van der Waals surface area contributed by atoms with Gasteiger partial charge in [0.2, 0.25) is 0 Å². The summed E-state index contributed by atoms with van der Waals surface area (Å²) in [6, 6.07) is 0. The van der Waals surface area contributed by atoms with Gasteiger partial charge in [0.1, 0.15) is 30.8 Å². The van der Waals surface area contributed by atoms with Crippen LogP contribution in [0.4, 0.5) is 0 Å². The van der Waals surface area contributed by atoms with Crippen LogP contribution in [0, 0.1) is 13.8 Å². The average molecular weight is 530 g/mol. The Morgan fingerprint density at radius 3 is 2.56 bits per heavy atom. The molecule has 0 aromatic carbocycles. The van der Waals surface area contributed by atoms with Crippen molar-refractivity contribution in [1.29, 1.82) is 0 Å². The van der Waals surface area contributed by atoms with Crippen LogP contribution in [0.25, 0.3) is 0 Å². The van der Waals surface area contributed by atoms with E-state index in [4.69, 9.17) is 18.5 Å².